The Bertz CT molecular complexity index is 708. The van der Waals surface area contributed by atoms with Crippen LogP contribution in [0.5, 0.6) is 0 Å². The summed E-state index contributed by atoms with van der Waals surface area (Å²) in [5, 5.41) is 18.3. The van der Waals surface area contributed by atoms with Crippen LogP contribution < -0.4 is 5.73 Å². The molecular weight excluding hydrogens is 266 g/mol. The molecule has 21 heavy (non-hydrogen) atoms. The lowest BCUT2D eigenvalue weighted by Crippen LogP contribution is -2.03. The van der Waals surface area contributed by atoms with E-state index in [2.05, 4.69) is 15.3 Å². The highest BCUT2D eigenvalue weighted by Crippen LogP contribution is 2.19. The van der Waals surface area contributed by atoms with Crippen LogP contribution in [0.2, 0.25) is 0 Å². The van der Waals surface area contributed by atoms with E-state index in [1.165, 1.54) is 0 Å². The largest absolute Gasteiger partial charge is 0.397 e. The molecule has 0 saturated heterocycles. The van der Waals surface area contributed by atoms with E-state index < -0.39 is 6.10 Å². The van der Waals surface area contributed by atoms with Crippen LogP contribution in [0.15, 0.2) is 54.9 Å². The van der Waals surface area contributed by atoms with E-state index in [0.717, 1.165) is 11.3 Å². The Morgan fingerprint density at radius 3 is 2.67 bits per heavy atom. The molecule has 1 atom stereocenters. The summed E-state index contributed by atoms with van der Waals surface area (Å²) in [5.74, 6) is 0. The summed E-state index contributed by atoms with van der Waals surface area (Å²) in [7, 11) is 0. The molecule has 0 fully saturated rings. The van der Waals surface area contributed by atoms with Gasteiger partial charge in [0.15, 0.2) is 0 Å². The molecule has 6 heteroatoms. The quantitative estimate of drug-likeness (QED) is 0.754. The van der Waals surface area contributed by atoms with Crippen molar-refractivity contribution in [3.8, 4) is 0 Å². The summed E-state index contributed by atoms with van der Waals surface area (Å²) in [4.78, 5) is 4.21. The van der Waals surface area contributed by atoms with Crippen LogP contribution in [0.25, 0.3) is 0 Å². The number of anilines is 1. The molecule has 0 aliphatic heterocycles. The smallest absolute Gasteiger partial charge is 0.124 e. The Labute approximate surface area is 121 Å². The lowest BCUT2D eigenvalue weighted by atomic mass is 10.1. The van der Waals surface area contributed by atoms with Crippen molar-refractivity contribution in [1.82, 2.24) is 20.0 Å². The van der Waals surface area contributed by atoms with E-state index >= 15 is 0 Å². The van der Waals surface area contributed by atoms with Gasteiger partial charge in [0.05, 0.1) is 30.3 Å². The van der Waals surface area contributed by atoms with Crippen LogP contribution in [0.3, 0.4) is 0 Å². The van der Waals surface area contributed by atoms with Crippen molar-refractivity contribution in [3.63, 3.8) is 0 Å². The first-order chi connectivity index (χ1) is 10.2. The lowest BCUT2D eigenvalue weighted by molar-refractivity contribution is 0.215. The van der Waals surface area contributed by atoms with Gasteiger partial charge in [-0.2, -0.15) is 0 Å². The summed E-state index contributed by atoms with van der Waals surface area (Å²) < 4.78 is 1.64. The molecule has 2 heterocycles. The number of nitrogens with zero attached hydrogens (tertiary/aromatic N) is 4. The zero-order valence-corrected chi connectivity index (χ0v) is 11.3. The Morgan fingerprint density at radius 1 is 1.14 bits per heavy atom. The fourth-order valence-electron chi connectivity index (χ4n) is 2.02. The van der Waals surface area contributed by atoms with Gasteiger partial charge < -0.3 is 10.8 Å². The first kappa shape index (κ1) is 13.3. The van der Waals surface area contributed by atoms with Crippen LogP contribution in [0.4, 0.5) is 5.69 Å². The number of aliphatic hydroxyl groups excluding tert-OH is 1. The molecule has 6 nitrogen and oxygen atoms in total. The van der Waals surface area contributed by atoms with Crippen molar-refractivity contribution in [3.05, 3.63) is 71.8 Å². The van der Waals surface area contributed by atoms with Crippen LogP contribution in [0, 0.1) is 0 Å². The van der Waals surface area contributed by atoms with Crippen LogP contribution >= 0.6 is 0 Å². The minimum Gasteiger partial charge on any atom is -0.397 e. The van der Waals surface area contributed by atoms with E-state index in [-0.39, 0.29) is 0 Å². The second-order valence-corrected chi connectivity index (χ2v) is 4.74. The summed E-state index contributed by atoms with van der Waals surface area (Å²) in [6.45, 7) is 0.481. The number of pyridine rings is 1. The van der Waals surface area contributed by atoms with Crippen molar-refractivity contribution < 1.29 is 5.11 Å². The van der Waals surface area contributed by atoms with Crippen molar-refractivity contribution in [2.75, 3.05) is 5.73 Å². The third kappa shape index (κ3) is 3.06. The molecule has 3 rings (SSSR count). The molecule has 0 spiro atoms. The predicted molar refractivity (Wildman–Crippen MR) is 78.3 cm³/mol. The second-order valence-electron chi connectivity index (χ2n) is 4.74. The Hall–Kier alpha value is -2.73. The molecule has 1 aromatic carbocycles. The van der Waals surface area contributed by atoms with E-state index in [1.54, 1.807) is 23.1 Å². The first-order valence-corrected chi connectivity index (χ1v) is 6.56. The van der Waals surface area contributed by atoms with Gasteiger partial charge in [-0.05, 0) is 17.7 Å². The van der Waals surface area contributed by atoms with Crippen LogP contribution in [0.1, 0.15) is 23.1 Å². The van der Waals surface area contributed by atoms with Crippen molar-refractivity contribution in [2.24, 2.45) is 0 Å². The van der Waals surface area contributed by atoms with E-state index in [4.69, 9.17) is 5.73 Å². The molecule has 1 unspecified atom stereocenters. The molecule has 0 saturated carbocycles. The minimum atomic E-state index is -0.778. The maximum absolute atomic E-state index is 10.3. The van der Waals surface area contributed by atoms with Gasteiger partial charge in [0.2, 0.25) is 0 Å². The molecule has 0 amide bonds. The molecule has 0 bridgehead atoms. The van der Waals surface area contributed by atoms with Gasteiger partial charge in [-0.1, -0.05) is 35.5 Å². The van der Waals surface area contributed by atoms with Gasteiger partial charge in [0.1, 0.15) is 11.8 Å². The summed E-state index contributed by atoms with van der Waals surface area (Å²) in [6, 6.07) is 13.0. The van der Waals surface area contributed by atoms with Gasteiger partial charge >= 0.3 is 0 Å². The number of aromatic nitrogens is 4. The highest BCUT2D eigenvalue weighted by molar-refractivity contribution is 5.34. The topological polar surface area (TPSA) is 89.8 Å². The zero-order chi connectivity index (χ0) is 14.7. The third-order valence-electron chi connectivity index (χ3n) is 3.12. The highest BCUT2D eigenvalue weighted by Gasteiger charge is 2.14. The Balaban J connectivity index is 1.75. The average Bonchev–Trinajstić information content (AvgIpc) is 2.98. The summed E-state index contributed by atoms with van der Waals surface area (Å²) in [5.41, 5.74) is 8.35. The molecule has 3 aromatic rings. The van der Waals surface area contributed by atoms with Gasteiger partial charge in [-0.3, -0.25) is 4.98 Å². The SMILES string of the molecule is Nc1ccc(Cn2cc(C(O)c3ccccc3)nn2)nc1. The molecular formula is C15H15N5O. The summed E-state index contributed by atoms with van der Waals surface area (Å²) in [6.07, 6.45) is 2.54. The fourth-order valence-corrected chi connectivity index (χ4v) is 2.02. The maximum atomic E-state index is 10.3. The van der Waals surface area contributed by atoms with E-state index in [0.29, 0.717) is 17.9 Å². The standard InChI is InChI=1S/C15H15N5O/c16-12-6-7-13(17-8-12)9-20-10-14(18-19-20)15(21)11-4-2-1-3-5-11/h1-8,10,15,21H,9,16H2. The molecule has 2 aromatic heterocycles. The molecule has 3 N–H and O–H groups in total. The Morgan fingerprint density at radius 2 is 1.95 bits per heavy atom. The van der Waals surface area contributed by atoms with Crippen molar-refractivity contribution in [2.45, 2.75) is 12.6 Å². The zero-order valence-electron chi connectivity index (χ0n) is 11.3. The van der Waals surface area contributed by atoms with Crippen molar-refractivity contribution >= 4 is 5.69 Å². The van der Waals surface area contributed by atoms with Gasteiger partial charge in [-0.15, -0.1) is 5.10 Å². The number of hydrogen-bond acceptors (Lipinski definition) is 5. The molecule has 0 aliphatic carbocycles. The maximum Gasteiger partial charge on any atom is 0.124 e. The number of nitrogens with two attached hydrogens (primary N) is 1. The minimum absolute atomic E-state index is 0.481. The number of rotatable bonds is 4. The Kier molecular flexibility index (Phi) is 3.61. The second kappa shape index (κ2) is 5.72. The molecule has 0 radical (unpaired) electrons. The van der Waals surface area contributed by atoms with Crippen LogP contribution in [-0.2, 0) is 6.54 Å². The fraction of sp³-hybridized carbons (Fsp3) is 0.133. The predicted octanol–water partition coefficient (Wildman–Crippen LogP) is 1.39. The monoisotopic (exact) mass is 281 g/mol. The lowest BCUT2D eigenvalue weighted by Gasteiger charge is -2.06. The van der Waals surface area contributed by atoms with Gasteiger partial charge in [0, 0.05) is 0 Å². The first-order valence-electron chi connectivity index (χ1n) is 6.56. The number of nitrogen functional groups attached to an aromatic ring is 1. The molecule has 106 valence electrons. The number of hydrogen-bond donors (Lipinski definition) is 2. The molecule has 0 aliphatic rings. The van der Waals surface area contributed by atoms with Gasteiger partial charge in [-0.25, -0.2) is 4.68 Å². The number of aliphatic hydroxyl groups is 1. The van der Waals surface area contributed by atoms with E-state index in [1.807, 2.05) is 36.4 Å². The van der Waals surface area contributed by atoms with Gasteiger partial charge in [0.25, 0.3) is 0 Å². The van der Waals surface area contributed by atoms with Crippen LogP contribution in [-0.4, -0.2) is 25.1 Å². The number of benzene rings is 1. The summed E-state index contributed by atoms with van der Waals surface area (Å²) >= 11 is 0. The van der Waals surface area contributed by atoms with E-state index in [9.17, 15) is 5.11 Å². The average molecular weight is 281 g/mol. The third-order valence-corrected chi connectivity index (χ3v) is 3.12. The van der Waals surface area contributed by atoms with Crippen molar-refractivity contribution in [1.29, 1.82) is 0 Å². The normalized spacial score (nSPS) is 12.2. The highest BCUT2D eigenvalue weighted by atomic mass is 16.3.